The molecule has 5 rings (SSSR count). The summed E-state index contributed by atoms with van der Waals surface area (Å²) in [7, 11) is 0. The highest BCUT2D eigenvalue weighted by Crippen LogP contribution is 2.40. The number of benzene rings is 3. The lowest BCUT2D eigenvalue weighted by atomic mass is 9.95. The fourth-order valence-electron chi connectivity index (χ4n) is 5.96. The first-order valence-electron chi connectivity index (χ1n) is 14.0. The lowest BCUT2D eigenvalue weighted by molar-refractivity contribution is 0.170. The zero-order valence-corrected chi connectivity index (χ0v) is 23.5. The van der Waals surface area contributed by atoms with Gasteiger partial charge in [-0.05, 0) is 42.5 Å². The summed E-state index contributed by atoms with van der Waals surface area (Å²) < 4.78 is 47.7. The van der Waals surface area contributed by atoms with Gasteiger partial charge in [0.25, 0.3) is 0 Å². The first-order chi connectivity index (χ1) is 19.8. The predicted octanol–water partition coefficient (Wildman–Crippen LogP) is 7.08. The van der Waals surface area contributed by atoms with Crippen molar-refractivity contribution in [2.75, 3.05) is 11.9 Å². The number of rotatable bonds is 8. The van der Waals surface area contributed by atoms with Gasteiger partial charge in [-0.15, -0.1) is 0 Å². The summed E-state index contributed by atoms with van der Waals surface area (Å²) in [6, 6.07) is 13.6. The van der Waals surface area contributed by atoms with Crippen molar-refractivity contribution in [1.82, 2.24) is 14.7 Å². The summed E-state index contributed by atoms with van der Waals surface area (Å²) in [5.74, 6) is -1.80. The Morgan fingerprint density at radius 3 is 2.32 bits per heavy atom. The molecule has 1 unspecified atom stereocenters. The number of anilines is 1. The second-order valence-corrected chi connectivity index (χ2v) is 10.3. The number of halogens is 3. The van der Waals surface area contributed by atoms with Crippen LogP contribution in [0.15, 0.2) is 54.6 Å². The van der Waals surface area contributed by atoms with Crippen LogP contribution < -0.4 is 11.1 Å². The number of nitrogens with one attached hydrogen (secondary N) is 1. The van der Waals surface area contributed by atoms with E-state index in [0.29, 0.717) is 37.2 Å². The van der Waals surface area contributed by atoms with Crippen molar-refractivity contribution < 1.29 is 18.0 Å². The number of fused-ring (bicyclic) bond motifs is 1. The average Bonchev–Trinajstić information content (AvgIpc) is 3.33. The van der Waals surface area contributed by atoms with Crippen molar-refractivity contribution in [3.05, 3.63) is 100.0 Å². The highest BCUT2D eigenvalue weighted by atomic mass is 19.1. The lowest BCUT2D eigenvalue weighted by Crippen LogP contribution is -2.34. The maximum absolute atomic E-state index is 15.9. The van der Waals surface area contributed by atoms with Crippen molar-refractivity contribution in [2.24, 2.45) is 5.73 Å². The fraction of sp³-hybridized carbons (Fsp3) is 0.312. The van der Waals surface area contributed by atoms with Gasteiger partial charge in [0.2, 0.25) is 0 Å². The number of urea groups is 1. The van der Waals surface area contributed by atoms with Crippen LogP contribution in [0, 0.1) is 17.5 Å². The molecular weight excluding hydrogens is 527 g/mol. The van der Waals surface area contributed by atoms with E-state index in [2.05, 4.69) is 10.2 Å². The average molecular weight is 562 g/mol. The molecule has 6 nitrogen and oxygen atoms in total. The van der Waals surface area contributed by atoms with E-state index in [1.807, 2.05) is 45.0 Å². The first kappa shape index (κ1) is 28.4. The molecule has 4 aromatic rings. The molecule has 0 spiro atoms. The van der Waals surface area contributed by atoms with E-state index in [4.69, 9.17) is 10.8 Å². The first-order valence-corrected chi connectivity index (χ1v) is 14.0. The van der Waals surface area contributed by atoms with Crippen molar-refractivity contribution >= 4 is 11.7 Å². The Kier molecular flexibility index (Phi) is 8.17. The minimum Gasteiger partial charge on any atom is -0.351 e. The molecule has 0 radical (unpaired) electrons. The lowest BCUT2D eigenvalue weighted by Gasteiger charge is -2.34. The number of hydrogen-bond donors (Lipinski definition) is 2. The number of nitrogens with two attached hydrogens (primary N) is 1. The summed E-state index contributed by atoms with van der Waals surface area (Å²) in [6.07, 6.45) is 2.70. The van der Waals surface area contributed by atoms with Crippen LogP contribution in [-0.2, 0) is 25.8 Å². The van der Waals surface area contributed by atoms with Gasteiger partial charge in [0.15, 0.2) is 0 Å². The predicted molar refractivity (Wildman–Crippen MR) is 154 cm³/mol. The van der Waals surface area contributed by atoms with Gasteiger partial charge >= 0.3 is 6.03 Å². The highest BCUT2D eigenvalue weighted by molar-refractivity contribution is 5.88. The normalized spacial score (nSPS) is 14.1. The SMILES string of the molecule is CCc1cccc(CC)c1-n1nc2c(c1-c1cc(F)c(NC(N)=O)cc1F)CN(C(CC)c1ccccc1F)CC2. The smallest absolute Gasteiger partial charge is 0.316 e. The Balaban J connectivity index is 1.72. The monoisotopic (exact) mass is 561 g/mol. The minimum absolute atomic E-state index is 0.0278. The number of carbonyl (C=O) groups is 1. The zero-order valence-electron chi connectivity index (χ0n) is 23.5. The maximum Gasteiger partial charge on any atom is 0.316 e. The number of primary amides is 1. The van der Waals surface area contributed by atoms with Crippen LogP contribution in [-0.4, -0.2) is 27.3 Å². The topological polar surface area (TPSA) is 76.2 Å². The second kappa shape index (κ2) is 11.8. The Bertz CT molecular complexity index is 1580. The highest BCUT2D eigenvalue weighted by Gasteiger charge is 2.32. The van der Waals surface area contributed by atoms with Crippen molar-refractivity contribution in [1.29, 1.82) is 0 Å². The summed E-state index contributed by atoms with van der Waals surface area (Å²) in [6.45, 7) is 7.14. The molecule has 1 aliphatic heterocycles. The number of carbonyl (C=O) groups excluding carboxylic acids is 1. The van der Waals surface area contributed by atoms with E-state index >= 15 is 8.78 Å². The van der Waals surface area contributed by atoms with E-state index < -0.39 is 17.7 Å². The molecule has 1 aromatic heterocycles. The van der Waals surface area contributed by atoms with Crippen LogP contribution in [0.1, 0.15) is 61.2 Å². The summed E-state index contributed by atoms with van der Waals surface area (Å²) in [4.78, 5) is 13.5. The molecule has 41 heavy (non-hydrogen) atoms. The zero-order chi connectivity index (χ0) is 29.3. The van der Waals surface area contributed by atoms with Gasteiger partial charge in [0.05, 0.1) is 22.8 Å². The van der Waals surface area contributed by atoms with Crippen molar-refractivity contribution in [3.8, 4) is 16.9 Å². The number of nitrogens with zero attached hydrogens (tertiary/aromatic N) is 3. The van der Waals surface area contributed by atoms with Gasteiger partial charge < -0.3 is 11.1 Å². The Morgan fingerprint density at radius 2 is 1.68 bits per heavy atom. The van der Waals surface area contributed by atoms with Gasteiger partial charge in [0.1, 0.15) is 17.5 Å². The van der Waals surface area contributed by atoms with Gasteiger partial charge in [-0.3, -0.25) is 4.90 Å². The molecule has 0 fully saturated rings. The molecule has 1 aliphatic rings. The van der Waals surface area contributed by atoms with Gasteiger partial charge in [-0.25, -0.2) is 22.6 Å². The van der Waals surface area contributed by atoms with Crippen LogP contribution in [0.3, 0.4) is 0 Å². The molecule has 3 N–H and O–H groups in total. The largest absolute Gasteiger partial charge is 0.351 e. The van der Waals surface area contributed by atoms with Crippen molar-refractivity contribution in [3.63, 3.8) is 0 Å². The summed E-state index contributed by atoms with van der Waals surface area (Å²) in [5.41, 5.74) is 10.4. The molecule has 0 saturated carbocycles. The van der Waals surface area contributed by atoms with E-state index in [9.17, 15) is 9.18 Å². The number of para-hydroxylation sites is 1. The Labute approximate surface area is 238 Å². The van der Waals surface area contributed by atoms with E-state index in [-0.39, 0.29) is 23.1 Å². The second-order valence-electron chi connectivity index (χ2n) is 10.3. The van der Waals surface area contributed by atoms with Crippen LogP contribution in [0.5, 0.6) is 0 Å². The number of aromatic nitrogens is 2. The fourth-order valence-corrected chi connectivity index (χ4v) is 5.96. The quantitative estimate of drug-likeness (QED) is 0.241. The Morgan fingerprint density at radius 1 is 0.976 bits per heavy atom. The minimum atomic E-state index is -0.989. The van der Waals surface area contributed by atoms with Gasteiger partial charge in [-0.1, -0.05) is 57.2 Å². The van der Waals surface area contributed by atoms with Gasteiger partial charge in [-0.2, -0.15) is 5.10 Å². The van der Waals surface area contributed by atoms with E-state index in [0.717, 1.165) is 53.0 Å². The molecule has 2 heterocycles. The molecule has 0 bridgehead atoms. The van der Waals surface area contributed by atoms with Crippen molar-refractivity contribution in [2.45, 2.75) is 59.0 Å². The third kappa shape index (κ3) is 5.34. The molecule has 2 amide bonds. The van der Waals surface area contributed by atoms with E-state index in [1.54, 1.807) is 16.8 Å². The number of hydrogen-bond acceptors (Lipinski definition) is 3. The summed E-state index contributed by atoms with van der Waals surface area (Å²) in [5, 5.41) is 7.15. The van der Waals surface area contributed by atoms with Crippen LogP contribution in [0.2, 0.25) is 0 Å². The van der Waals surface area contributed by atoms with Crippen LogP contribution >= 0.6 is 0 Å². The van der Waals surface area contributed by atoms with Crippen LogP contribution in [0.25, 0.3) is 16.9 Å². The van der Waals surface area contributed by atoms with E-state index in [1.165, 1.54) is 6.07 Å². The molecule has 3 aromatic carbocycles. The Hall–Kier alpha value is -4.11. The molecule has 9 heteroatoms. The van der Waals surface area contributed by atoms with Crippen LogP contribution in [0.4, 0.5) is 23.7 Å². The third-order valence-electron chi connectivity index (χ3n) is 7.90. The molecule has 0 saturated heterocycles. The maximum atomic E-state index is 15.9. The number of amides is 2. The summed E-state index contributed by atoms with van der Waals surface area (Å²) >= 11 is 0. The van der Waals surface area contributed by atoms with Gasteiger partial charge in [0, 0.05) is 48.3 Å². The standard InChI is InChI=1S/C32H34F3N5O/c1-4-19-10-9-11-20(5-2)30(19)40-31(22-16-26(35)28(17-25(22)34)37-32(36)41)23-18-39(15-14-27(23)38-40)29(6-3)21-12-7-8-13-24(21)33/h7-13,16-17,29H,4-6,14-15,18H2,1-3H3,(H3,36,37,41). The molecular formula is C32H34F3N5O. The molecule has 0 aliphatic carbocycles. The third-order valence-corrected chi connectivity index (χ3v) is 7.90. The molecule has 1 atom stereocenters. The number of aryl methyl sites for hydroxylation is 2. The molecule has 214 valence electrons.